The Bertz CT molecular complexity index is 905. The molecule has 2 aromatic heterocycles. The molecule has 4 rings (SSSR count). The van der Waals surface area contributed by atoms with Crippen molar-refractivity contribution in [1.29, 1.82) is 0 Å². The highest BCUT2D eigenvalue weighted by Crippen LogP contribution is 2.22. The van der Waals surface area contributed by atoms with Gasteiger partial charge in [-0.2, -0.15) is 5.10 Å². The maximum absolute atomic E-state index is 12.6. The van der Waals surface area contributed by atoms with E-state index in [-0.39, 0.29) is 23.4 Å². The Morgan fingerprint density at radius 2 is 2.07 bits per heavy atom. The fourth-order valence-corrected chi connectivity index (χ4v) is 3.95. The lowest BCUT2D eigenvalue weighted by Gasteiger charge is -2.33. The van der Waals surface area contributed by atoms with E-state index in [9.17, 15) is 14.4 Å². The zero-order valence-electron chi connectivity index (χ0n) is 15.7. The van der Waals surface area contributed by atoms with Crippen molar-refractivity contribution in [2.45, 2.75) is 38.1 Å². The molecule has 2 aliphatic heterocycles. The molecule has 8 heteroatoms. The summed E-state index contributed by atoms with van der Waals surface area (Å²) in [7, 11) is 0. The molecule has 0 aromatic carbocycles. The minimum absolute atomic E-state index is 0.0274. The second-order valence-electron chi connectivity index (χ2n) is 7.35. The molecule has 2 aliphatic rings. The lowest BCUT2D eigenvalue weighted by Crippen LogP contribution is -2.44. The van der Waals surface area contributed by atoms with Crippen molar-refractivity contribution in [3.8, 4) is 11.5 Å². The highest BCUT2D eigenvalue weighted by molar-refractivity contribution is 5.80. The van der Waals surface area contributed by atoms with E-state index in [4.69, 9.17) is 4.42 Å². The fraction of sp³-hybridized carbons (Fsp3) is 0.500. The smallest absolute Gasteiger partial charge is 0.267 e. The first-order chi connectivity index (χ1) is 13.6. The van der Waals surface area contributed by atoms with Crippen molar-refractivity contribution < 1.29 is 14.0 Å². The van der Waals surface area contributed by atoms with Crippen LogP contribution in [0.3, 0.4) is 0 Å². The van der Waals surface area contributed by atoms with E-state index in [0.29, 0.717) is 43.9 Å². The van der Waals surface area contributed by atoms with Crippen LogP contribution in [0.15, 0.2) is 39.7 Å². The van der Waals surface area contributed by atoms with Crippen LogP contribution >= 0.6 is 0 Å². The quantitative estimate of drug-likeness (QED) is 0.783. The lowest BCUT2D eigenvalue weighted by atomic mass is 10.1. The van der Waals surface area contributed by atoms with Gasteiger partial charge >= 0.3 is 0 Å². The maximum atomic E-state index is 12.6. The number of aromatic nitrogens is 2. The van der Waals surface area contributed by atoms with Crippen LogP contribution in [0.1, 0.15) is 38.1 Å². The van der Waals surface area contributed by atoms with Crippen molar-refractivity contribution >= 4 is 11.8 Å². The molecule has 0 aliphatic carbocycles. The predicted molar refractivity (Wildman–Crippen MR) is 101 cm³/mol. The summed E-state index contributed by atoms with van der Waals surface area (Å²) in [6, 6.07) is 6.56. The molecule has 148 valence electrons. The number of carbonyl (C=O) groups is 2. The maximum Gasteiger partial charge on any atom is 0.267 e. The Morgan fingerprint density at radius 3 is 2.82 bits per heavy atom. The lowest BCUT2D eigenvalue weighted by molar-refractivity contribution is -0.134. The van der Waals surface area contributed by atoms with Crippen LogP contribution in [0.5, 0.6) is 0 Å². The van der Waals surface area contributed by atoms with E-state index < -0.39 is 0 Å². The molecule has 2 fully saturated rings. The zero-order valence-corrected chi connectivity index (χ0v) is 15.7. The number of hydrogen-bond donors (Lipinski definition) is 0. The standard InChI is InChI=1S/C20H24N4O4/c25-18-6-2-10-22(18)12-9-19(26)23-11-1-4-15(14-23)24-20(27)8-7-16(21-24)17-5-3-13-28-17/h3,5,7-8,13,15H,1-2,4,6,9-12,14H2. The summed E-state index contributed by atoms with van der Waals surface area (Å²) in [5.74, 6) is 0.766. The summed E-state index contributed by atoms with van der Waals surface area (Å²) >= 11 is 0. The number of likely N-dealkylation sites (tertiary alicyclic amines) is 2. The van der Waals surface area contributed by atoms with Crippen LogP contribution in [-0.2, 0) is 9.59 Å². The number of rotatable bonds is 5. The molecule has 0 N–H and O–H groups in total. The first-order valence-corrected chi connectivity index (χ1v) is 9.81. The van der Waals surface area contributed by atoms with Gasteiger partial charge in [0.05, 0.1) is 12.3 Å². The highest BCUT2D eigenvalue weighted by Gasteiger charge is 2.27. The van der Waals surface area contributed by atoms with Crippen molar-refractivity contribution in [2.75, 3.05) is 26.2 Å². The largest absolute Gasteiger partial charge is 0.463 e. The molecule has 2 amide bonds. The third-order valence-corrected chi connectivity index (χ3v) is 5.46. The van der Waals surface area contributed by atoms with E-state index in [1.807, 2.05) is 0 Å². The summed E-state index contributed by atoms with van der Waals surface area (Å²) in [4.78, 5) is 40.3. The minimum atomic E-state index is -0.183. The second kappa shape index (κ2) is 8.00. The Labute approximate surface area is 162 Å². The Kier molecular flexibility index (Phi) is 5.27. The number of carbonyl (C=O) groups excluding carboxylic acids is 2. The minimum Gasteiger partial charge on any atom is -0.463 e. The number of furan rings is 1. The molecular formula is C20H24N4O4. The molecule has 4 heterocycles. The predicted octanol–water partition coefficient (Wildman–Crippen LogP) is 1.68. The van der Waals surface area contributed by atoms with Gasteiger partial charge in [0.25, 0.3) is 5.56 Å². The van der Waals surface area contributed by atoms with Gasteiger partial charge in [0.15, 0.2) is 5.76 Å². The summed E-state index contributed by atoms with van der Waals surface area (Å²) in [5.41, 5.74) is 0.415. The highest BCUT2D eigenvalue weighted by atomic mass is 16.3. The van der Waals surface area contributed by atoms with E-state index in [2.05, 4.69) is 5.10 Å². The average Bonchev–Trinajstić information content (AvgIpc) is 3.38. The van der Waals surface area contributed by atoms with Crippen molar-refractivity contribution in [3.05, 3.63) is 40.9 Å². The van der Waals surface area contributed by atoms with Crippen LogP contribution in [-0.4, -0.2) is 57.6 Å². The molecular weight excluding hydrogens is 360 g/mol. The van der Waals surface area contributed by atoms with Gasteiger partial charge in [0.1, 0.15) is 5.69 Å². The summed E-state index contributed by atoms with van der Waals surface area (Å²) in [5, 5.41) is 4.47. The fourth-order valence-electron chi connectivity index (χ4n) is 3.95. The van der Waals surface area contributed by atoms with Crippen molar-refractivity contribution in [1.82, 2.24) is 19.6 Å². The summed E-state index contributed by atoms with van der Waals surface area (Å²) in [6.45, 7) is 2.36. The molecule has 2 saturated heterocycles. The second-order valence-corrected chi connectivity index (χ2v) is 7.35. The number of nitrogens with zero attached hydrogens (tertiary/aromatic N) is 4. The van der Waals surface area contributed by atoms with Gasteiger partial charge < -0.3 is 14.2 Å². The van der Waals surface area contributed by atoms with Gasteiger partial charge in [-0.15, -0.1) is 0 Å². The molecule has 1 atom stereocenters. The Hall–Kier alpha value is -2.90. The van der Waals surface area contributed by atoms with Crippen LogP contribution in [0, 0.1) is 0 Å². The third kappa shape index (κ3) is 3.85. The van der Waals surface area contributed by atoms with Gasteiger partial charge in [-0.3, -0.25) is 14.4 Å². The van der Waals surface area contributed by atoms with Gasteiger partial charge in [-0.05, 0) is 37.5 Å². The van der Waals surface area contributed by atoms with E-state index in [1.165, 1.54) is 10.7 Å². The molecule has 0 radical (unpaired) electrons. The topological polar surface area (TPSA) is 88.7 Å². The van der Waals surface area contributed by atoms with Crippen LogP contribution < -0.4 is 5.56 Å². The monoisotopic (exact) mass is 384 g/mol. The normalized spacial score (nSPS) is 20.0. The molecule has 1 unspecified atom stereocenters. The molecule has 8 nitrogen and oxygen atoms in total. The molecule has 28 heavy (non-hydrogen) atoms. The summed E-state index contributed by atoms with van der Waals surface area (Å²) < 4.78 is 6.85. The van der Waals surface area contributed by atoms with Crippen LogP contribution in [0.25, 0.3) is 11.5 Å². The molecule has 0 spiro atoms. The molecule has 0 saturated carbocycles. The number of hydrogen-bond acceptors (Lipinski definition) is 5. The van der Waals surface area contributed by atoms with E-state index in [0.717, 1.165) is 25.8 Å². The number of amides is 2. The average molecular weight is 384 g/mol. The van der Waals surface area contributed by atoms with E-state index >= 15 is 0 Å². The van der Waals surface area contributed by atoms with Crippen LogP contribution in [0.2, 0.25) is 0 Å². The molecule has 2 aromatic rings. The van der Waals surface area contributed by atoms with E-state index in [1.54, 1.807) is 34.3 Å². The van der Waals surface area contributed by atoms with Gasteiger partial charge in [-0.25, -0.2) is 4.68 Å². The van der Waals surface area contributed by atoms with Gasteiger partial charge in [0.2, 0.25) is 11.8 Å². The first kappa shape index (κ1) is 18.5. The SMILES string of the molecule is O=C1CCCN1CCC(=O)N1CCCC(n2nc(-c3ccco3)ccc2=O)C1. The Balaban J connectivity index is 1.43. The van der Waals surface area contributed by atoms with Crippen LogP contribution in [0.4, 0.5) is 0 Å². The number of piperidine rings is 1. The zero-order chi connectivity index (χ0) is 19.5. The third-order valence-electron chi connectivity index (χ3n) is 5.46. The Morgan fingerprint density at radius 1 is 1.18 bits per heavy atom. The van der Waals surface area contributed by atoms with Gasteiger partial charge in [-0.1, -0.05) is 0 Å². The van der Waals surface area contributed by atoms with Crippen molar-refractivity contribution in [2.24, 2.45) is 0 Å². The van der Waals surface area contributed by atoms with Gasteiger partial charge in [0, 0.05) is 45.1 Å². The molecule has 0 bridgehead atoms. The van der Waals surface area contributed by atoms with Crippen molar-refractivity contribution in [3.63, 3.8) is 0 Å². The summed E-state index contributed by atoms with van der Waals surface area (Å²) in [6.07, 6.45) is 4.97. The first-order valence-electron chi connectivity index (χ1n) is 9.81.